The van der Waals surface area contributed by atoms with E-state index in [1.807, 2.05) is 0 Å². The lowest BCUT2D eigenvalue weighted by molar-refractivity contribution is -0.384. The van der Waals surface area contributed by atoms with Gasteiger partial charge in [-0.05, 0) is 49.0 Å². The summed E-state index contributed by atoms with van der Waals surface area (Å²) in [7, 11) is 0. The minimum Gasteiger partial charge on any atom is -0.376 e. The van der Waals surface area contributed by atoms with Crippen LogP contribution in [-0.4, -0.2) is 11.0 Å². The Morgan fingerprint density at radius 3 is 2.55 bits per heavy atom. The Bertz CT molecular complexity index is 593. The molecule has 0 saturated heterocycles. The van der Waals surface area contributed by atoms with Crippen molar-refractivity contribution in [1.29, 1.82) is 0 Å². The molecule has 1 aromatic carbocycles. The van der Waals surface area contributed by atoms with Crippen LogP contribution in [0, 0.1) is 39.6 Å². The van der Waals surface area contributed by atoms with Gasteiger partial charge >= 0.3 is 0 Å². The lowest BCUT2D eigenvalue weighted by Gasteiger charge is -2.12. The van der Waals surface area contributed by atoms with Crippen molar-refractivity contribution in [2.45, 2.75) is 25.3 Å². The highest BCUT2D eigenvalue weighted by molar-refractivity contribution is 6.31. The topological polar surface area (TPSA) is 55.2 Å². The molecule has 2 bridgehead atoms. The second kappa shape index (κ2) is 4.07. The van der Waals surface area contributed by atoms with E-state index in [-0.39, 0.29) is 10.7 Å². The predicted molar refractivity (Wildman–Crippen MR) is 73.3 cm³/mol. The second-order valence-corrected chi connectivity index (χ2v) is 6.61. The van der Waals surface area contributed by atoms with Gasteiger partial charge in [0.2, 0.25) is 0 Å². The Kier molecular flexibility index (Phi) is 2.52. The molecule has 3 fully saturated rings. The van der Waals surface area contributed by atoms with E-state index in [9.17, 15) is 14.5 Å². The molecular formula is C14H14ClFN2O2. The number of rotatable bonds is 3. The number of fused-ring (bicyclic) bond motifs is 5. The summed E-state index contributed by atoms with van der Waals surface area (Å²) in [6.45, 7) is 0. The number of nitro benzene ring substituents is 1. The maximum absolute atomic E-state index is 13.4. The third-order valence-corrected chi connectivity index (χ3v) is 5.58. The van der Waals surface area contributed by atoms with Crippen molar-refractivity contribution in [2.75, 3.05) is 5.32 Å². The van der Waals surface area contributed by atoms with E-state index in [2.05, 4.69) is 5.32 Å². The summed E-state index contributed by atoms with van der Waals surface area (Å²) >= 11 is 5.75. The summed E-state index contributed by atoms with van der Waals surface area (Å²) < 4.78 is 13.4. The lowest BCUT2D eigenvalue weighted by Crippen LogP contribution is -2.14. The van der Waals surface area contributed by atoms with Crippen LogP contribution in [0.2, 0.25) is 5.02 Å². The van der Waals surface area contributed by atoms with E-state index in [0.717, 1.165) is 17.9 Å². The van der Waals surface area contributed by atoms with Crippen LogP contribution in [0.5, 0.6) is 0 Å². The molecule has 4 unspecified atom stereocenters. The number of anilines is 1. The molecule has 3 saturated carbocycles. The maximum Gasteiger partial charge on any atom is 0.295 e. The van der Waals surface area contributed by atoms with Crippen molar-refractivity contribution in [3.8, 4) is 0 Å². The summed E-state index contributed by atoms with van der Waals surface area (Å²) in [5.41, 5.74) is 0.115. The largest absolute Gasteiger partial charge is 0.376 e. The first kappa shape index (κ1) is 12.4. The highest BCUT2D eigenvalue weighted by Crippen LogP contribution is 2.66. The number of halogens is 2. The van der Waals surface area contributed by atoms with Crippen LogP contribution >= 0.6 is 11.6 Å². The van der Waals surface area contributed by atoms with E-state index in [4.69, 9.17) is 11.6 Å². The van der Waals surface area contributed by atoms with Gasteiger partial charge in [-0.1, -0.05) is 11.6 Å². The van der Waals surface area contributed by atoms with Gasteiger partial charge in [0.25, 0.3) is 5.69 Å². The zero-order valence-corrected chi connectivity index (χ0v) is 11.4. The van der Waals surface area contributed by atoms with E-state index in [1.54, 1.807) is 0 Å². The van der Waals surface area contributed by atoms with Crippen molar-refractivity contribution in [1.82, 2.24) is 0 Å². The van der Waals surface area contributed by atoms with E-state index >= 15 is 0 Å². The molecule has 4 atom stereocenters. The average molecular weight is 297 g/mol. The number of nitrogens with zero attached hydrogens (tertiary/aromatic N) is 1. The summed E-state index contributed by atoms with van der Waals surface area (Å²) in [5.74, 6) is 2.10. The fraction of sp³-hybridized carbons (Fsp3) is 0.571. The third kappa shape index (κ3) is 1.65. The quantitative estimate of drug-likeness (QED) is 0.681. The molecule has 0 aliphatic heterocycles. The highest BCUT2D eigenvalue weighted by atomic mass is 35.5. The standard InChI is InChI=1S/C14H14ClFN2O2/c15-8-4-10(11(18(19)20)5-9(8)16)17-14-12-6-1-2-7(3-6)13(12)14/h4-7,12-14,17H,1-3H2. The van der Waals surface area contributed by atoms with Crippen LogP contribution in [-0.2, 0) is 0 Å². The van der Waals surface area contributed by atoms with E-state index < -0.39 is 10.7 Å². The first-order valence-electron chi connectivity index (χ1n) is 6.96. The average Bonchev–Trinajstić information content (AvgIpc) is 2.81. The molecule has 20 heavy (non-hydrogen) atoms. The first-order valence-corrected chi connectivity index (χ1v) is 7.34. The smallest absolute Gasteiger partial charge is 0.295 e. The molecule has 3 aliphatic carbocycles. The number of nitrogens with one attached hydrogen (secondary N) is 1. The van der Waals surface area contributed by atoms with E-state index in [1.165, 1.54) is 25.3 Å². The van der Waals surface area contributed by atoms with Gasteiger partial charge in [-0.2, -0.15) is 0 Å². The second-order valence-electron chi connectivity index (χ2n) is 6.20. The molecule has 0 radical (unpaired) electrons. The summed E-state index contributed by atoms with van der Waals surface area (Å²) in [4.78, 5) is 10.5. The molecule has 0 spiro atoms. The zero-order valence-electron chi connectivity index (χ0n) is 10.7. The monoisotopic (exact) mass is 296 g/mol. The third-order valence-electron chi connectivity index (χ3n) is 5.29. The van der Waals surface area contributed by atoms with Crippen LogP contribution in [0.4, 0.5) is 15.8 Å². The van der Waals surface area contributed by atoms with Gasteiger partial charge in [-0.15, -0.1) is 0 Å². The van der Waals surface area contributed by atoms with Crippen LogP contribution in [0.3, 0.4) is 0 Å². The van der Waals surface area contributed by atoms with Crippen molar-refractivity contribution in [3.05, 3.63) is 33.1 Å². The van der Waals surface area contributed by atoms with E-state index in [0.29, 0.717) is 23.6 Å². The minimum atomic E-state index is -0.750. The molecule has 1 N–H and O–H groups in total. The number of hydrogen-bond acceptors (Lipinski definition) is 3. The Hall–Kier alpha value is -1.36. The molecule has 106 valence electrons. The van der Waals surface area contributed by atoms with Gasteiger partial charge in [0.05, 0.1) is 16.0 Å². The predicted octanol–water partition coefficient (Wildman–Crippen LogP) is 3.84. The molecule has 0 aromatic heterocycles. The van der Waals surface area contributed by atoms with Gasteiger partial charge in [0.15, 0.2) is 0 Å². The highest BCUT2D eigenvalue weighted by Gasteiger charge is 2.65. The van der Waals surface area contributed by atoms with Gasteiger partial charge < -0.3 is 5.32 Å². The number of hydrogen-bond donors (Lipinski definition) is 1. The van der Waals surface area contributed by atoms with Crippen LogP contribution in [0.25, 0.3) is 0 Å². The zero-order chi connectivity index (χ0) is 14.0. The lowest BCUT2D eigenvalue weighted by atomic mass is 10.0. The molecule has 4 nitrogen and oxygen atoms in total. The Morgan fingerprint density at radius 1 is 1.30 bits per heavy atom. The number of benzene rings is 1. The molecule has 0 heterocycles. The fourth-order valence-electron chi connectivity index (χ4n) is 4.50. The SMILES string of the molecule is O=[N+]([O-])c1cc(F)c(Cl)cc1NC1C2C3CCC(C3)C12. The van der Waals surface area contributed by atoms with Crippen molar-refractivity contribution in [2.24, 2.45) is 23.7 Å². The van der Waals surface area contributed by atoms with Crippen molar-refractivity contribution in [3.63, 3.8) is 0 Å². The molecule has 1 aromatic rings. The van der Waals surface area contributed by atoms with Crippen molar-refractivity contribution < 1.29 is 9.31 Å². The molecule has 3 aliphatic rings. The first-order chi connectivity index (χ1) is 9.56. The summed E-state index contributed by atoms with van der Waals surface area (Å²) in [6, 6.07) is 2.55. The van der Waals surface area contributed by atoms with Gasteiger partial charge in [0, 0.05) is 6.04 Å². The molecule has 4 rings (SSSR count). The van der Waals surface area contributed by atoms with Gasteiger partial charge in [-0.3, -0.25) is 10.1 Å². The minimum absolute atomic E-state index is 0.0770. The number of nitro groups is 1. The Labute approximate surface area is 120 Å². The summed E-state index contributed by atoms with van der Waals surface area (Å²) in [6.07, 6.45) is 3.90. The Balaban J connectivity index is 1.61. The maximum atomic E-state index is 13.4. The van der Waals surface area contributed by atoms with Crippen LogP contribution < -0.4 is 5.32 Å². The normalized spacial score (nSPS) is 36.8. The van der Waals surface area contributed by atoms with Crippen molar-refractivity contribution >= 4 is 23.0 Å². The van der Waals surface area contributed by atoms with Gasteiger partial charge in [-0.25, -0.2) is 4.39 Å². The molecular weight excluding hydrogens is 283 g/mol. The Morgan fingerprint density at radius 2 is 1.95 bits per heavy atom. The molecule has 6 heteroatoms. The van der Waals surface area contributed by atoms with Gasteiger partial charge in [0.1, 0.15) is 11.5 Å². The van der Waals surface area contributed by atoms with Crippen LogP contribution in [0.15, 0.2) is 12.1 Å². The fourth-order valence-corrected chi connectivity index (χ4v) is 4.66. The molecule has 0 amide bonds. The van der Waals surface area contributed by atoms with Crippen LogP contribution in [0.1, 0.15) is 19.3 Å². The summed E-state index contributed by atoms with van der Waals surface area (Å²) in [5, 5.41) is 14.2.